The number of hydrogen-bond donors (Lipinski definition) is 1. The molecule has 0 spiro atoms. The summed E-state index contributed by atoms with van der Waals surface area (Å²) < 4.78 is 2.23. The van der Waals surface area contributed by atoms with Gasteiger partial charge in [0.15, 0.2) is 0 Å². The Morgan fingerprint density at radius 3 is 2.68 bits per heavy atom. The zero-order valence-electron chi connectivity index (χ0n) is 14.7. The normalized spacial score (nSPS) is 16.0. The zero-order valence-corrected chi connectivity index (χ0v) is 14.7. The lowest BCUT2D eigenvalue weighted by atomic mass is 10.2. The number of unbranched alkanes of at least 4 members (excludes halogenated alkanes) is 1. The fraction of sp³-hybridized carbons (Fsp3) is 0.500. The van der Waals surface area contributed by atoms with Crippen molar-refractivity contribution >= 4 is 16.9 Å². The first-order valence-electron chi connectivity index (χ1n) is 9.04. The van der Waals surface area contributed by atoms with Crippen LogP contribution in [0.25, 0.3) is 11.0 Å². The van der Waals surface area contributed by atoms with Crippen molar-refractivity contribution in [1.29, 1.82) is 0 Å². The third kappa shape index (κ3) is 3.51. The van der Waals surface area contributed by atoms with E-state index in [4.69, 9.17) is 0 Å². The molecule has 4 rings (SSSR count). The highest BCUT2D eigenvalue weighted by Gasteiger charge is 2.19. The third-order valence-corrected chi connectivity index (χ3v) is 5.05. The second kappa shape index (κ2) is 7.23. The van der Waals surface area contributed by atoms with Gasteiger partial charge < -0.3 is 14.5 Å². The lowest BCUT2D eigenvalue weighted by Crippen LogP contribution is -2.47. The number of piperazine rings is 1. The Kier molecular flexibility index (Phi) is 4.65. The van der Waals surface area contributed by atoms with Crippen LogP contribution in [-0.2, 0) is 6.54 Å². The van der Waals surface area contributed by atoms with Crippen LogP contribution in [0.4, 0.5) is 5.82 Å². The average molecular weight is 339 g/mol. The molecule has 0 aliphatic carbocycles. The fourth-order valence-corrected chi connectivity index (χ4v) is 3.55. The van der Waals surface area contributed by atoms with Gasteiger partial charge >= 0.3 is 0 Å². The van der Waals surface area contributed by atoms with Crippen LogP contribution in [0, 0.1) is 6.92 Å². The first-order valence-corrected chi connectivity index (χ1v) is 9.04. The molecule has 0 unspecified atom stereocenters. The van der Waals surface area contributed by atoms with Crippen molar-refractivity contribution < 1.29 is 0 Å². The summed E-state index contributed by atoms with van der Waals surface area (Å²) in [5.74, 6) is 2.16. The lowest BCUT2D eigenvalue weighted by molar-refractivity contribution is 0.251. The minimum absolute atomic E-state index is 0.919. The smallest absolute Gasteiger partial charge is 0.142 e. The summed E-state index contributed by atoms with van der Waals surface area (Å²) in [7, 11) is 0. The summed E-state index contributed by atoms with van der Waals surface area (Å²) in [6.45, 7) is 8.55. The van der Waals surface area contributed by atoms with E-state index in [9.17, 15) is 0 Å². The van der Waals surface area contributed by atoms with E-state index in [2.05, 4.69) is 53.5 Å². The lowest BCUT2D eigenvalue weighted by Gasteiger charge is -2.35. The predicted octanol–water partition coefficient (Wildman–Crippen LogP) is 2.07. The second-order valence-electron chi connectivity index (χ2n) is 6.64. The van der Waals surface area contributed by atoms with E-state index in [0.717, 1.165) is 55.4 Å². The van der Waals surface area contributed by atoms with E-state index < -0.39 is 0 Å². The molecule has 1 N–H and O–H groups in total. The number of aromatic nitrogens is 5. The van der Waals surface area contributed by atoms with Crippen molar-refractivity contribution in [3.63, 3.8) is 0 Å². The monoisotopic (exact) mass is 339 g/mol. The van der Waals surface area contributed by atoms with Crippen LogP contribution < -0.4 is 4.90 Å². The van der Waals surface area contributed by atoms with Crippen LogP contribution in [0.1, 0.15) is 18.7 Å². The Morgan fingerprint density at radius 2 is 1.88 bits per heavy atom. The van der Waals surface area contributed by atoms with Crippen molar-refractivity contribution in [2.75, 3.05) is 37.6 Å². The number of nitrogens with one attached hydrogen (secondary N) is 1. The molecular weight excluding hydrogens is 314 g/mol. The summed E-state index contributed by atoms with van der Waals surface area (Å²) in [5.41, 5.74) is 0.919. The minimum atomic E-state index is 0.919. The SMILES string of the molecule is Cc1nccn1CCCCN1CCN(c2ncnc3[nH]ccc23)CC1. The van der Waals surface area contributed by atoms with E-state index in [1.54, 1.807) is 6.33 Å². The molecule has 7 nitrogen and oxygen atoms in total. The Hall–Kier alpha value is -2.41. The molecule has 0 radical (unpaired) electrons. The highest BCUT2D eigenvalue weighted by Crippen LogP contribution is 2.22. The number of imidazole rings is 1. The Morgan fingerprint density at radius 1 is 1.04 bits per heavy atom. The van der Waals surface area contributed by atoms with E-state index in [1.165, 1.54) is 19.4 Å². The van der Waals surface area contributed by atoms with Gasteiger partial charge in [0.2, 0.25) is 0 Å². The van der Waals surface area contributed by atoms with Gasteiger partial charge in [0.1, 0.15) is 23.6 Å². The number of nitrogens with zero attached hydrogens (tertiary/aromatic N) is 6. The van der Waals surface area contributed by atoms with Gasteiger partial charge in [-0.1, -0.05) is 0 Å². The molecule has 0 atom stereocenters. The molecule has 0 bridgehead atoms. The fourth-order valence-electron chi connectivity index (χ4n) is 3.55. The molecule has 1 aliphatic rings. The van der Waals surface area contributed by atoms with E-state index in [0.29, 0.717) is 0 Å². The summed E-state index contributed by atoms with van der Waals surface area (Å²) in [4.78, 5) is 21.2. The molecule has 0 saturated carbocycles. The molecule has 132 valence electrons. The third-order valence-electron chi connectivity index (χ3n) is 5.05. The van der Waals surface area contributed by atoms with Crippen LogP contribution in [0.3, 0.4) is 0 Å². The number of rotatable bonds is 6. The summed E-state index contributed by atoms with van der Waals surface area (Å²) in [6, 6.07) is 2.06. The van der Waals surface area contributed by atoms with Gasteiger partial charge in [-0.3, -0.25) is 4.90 Å². The molecular formula is C18H25N7. The first-order chi connectivity index (χ1) is 12.3. The molecule has 1 saturated heterocycles. The van der Waals surface area contributed by atoms with Gasteiger partial charge in [0.25, 0.3) is 0 Å². The van der Waals surface area contributed by atoms with Crippen molar-refractivity contribution in [2.45, 2.75) is 26.3 Å². The molecule has 1 aliphatic heterocycles. The summed E-state index contributed by atoms with van der Waals surface area (Å²) >= 11 is 0. The second-order valence-corrected chi connectivity index (χ2v) is 6.64. The predicted molar refractivity (Wildman–Crippen MR) is 98.7 cm³/mol. The van der Waals surface area contributed by atoms with Gasteiger partial charge in [-0.25, -0.2) is 15.0 Å². The van der Waals surface area contributed by atoms with Crippen molar-refractivity contribution in [3.05, 3.63) is 36.8 Å². The molecule has 4 heterocycles. The van der Waals surface area contributed by atoms with Gasteiger partial charge in [-0.05, 0) is 32.4 Å². The summed E-state index contributed by atoms with van der Waals surface area (Å²) in [6.07, 6.45) is 9.96. The Bertz CT molecular complexity index is 814. The maximum absolute atomic E-state index is 4.51. The first kappa shape index (κ1) is 16.1. The Balaban J connectivity index is 1.24. The van der Waals surface area contributed by atoms with Crippen LogP contribution >= 0.6 is 0 Å². The average Bonchev–Trinajstić information content (AvgIpc) is 3.28. The molecule has 3 aromatic heterocycles. The number of H-pyrrole nitrogens is 1. The summed E-state index contributed by atoms with van der Waals surface area (Å²) in [5, 5.41) is 1.12. The van der Waals surface area contributed by atoms with E-state index in [1.807, 2.05) is 12.4 Å². The standard InChI is InChI=1S/C18H25N7/c1-15-19-6-9-24(15)8-3-2-7-23-10-12-25(13-11-23)18-16-4-5-20-17(16)21-14-22-18/h4-6,9,14H,2-3,7-8,10-13H2,1H3,(H,20,21,22). The highest BCUT2D eigenvalue weighted by atomic mass is 15.3. The number of anilines is 1. The molecule has 3 aromatic rings. The van der Waals surface area contributed by atoms with Crippen molar-refractivity contribution in [3.8, 4) is 0 Å². The molecule has 7 heteroatoms. The zero-order chi connectivity index (χ0) is 17.1. The van der Waals surface area contributed by atoms with Crippen molar-refractivity contribution in [1.82, 2.24) is 29.4 Å². The van der Waals surface area contributed by atoms with Gasteiger partial charge in [0.05, 0.1) is 5.39 Å². The highest BCUT2D eigenvalue weighted by molar-refractivity contribution is 5.87. The molecule has 0 amide bonds. The van der Waals surface area contributed by atoms with Crippen molar-refractivity contribution in [2.24, 2.45) is 0 Å². The topological polar surface area (TPSA) is 65.9 Å². The number of aromatic amines is 1. The van der Waals surface area contributed by atoms with E-state index in [-0.39, 0.29) is 0 Å². The largest absolute Gasteiger partial charge is 0.353 e. The number of hydrogen-bond acceptors (Lipinski definition) is 5. The quantitative estimate of drug-likeness (QED) is 0.697. The number of fused-ring (bicyclic) bond motifs is 1. The number of aryl methyl sites for hydroxylation is 2. The molecule has 1 fully saturated rings. The molecule has 0 aromatic carbocycles. The van der Waals surface area contributed by atoms with Gasteiger partial charge in [0, 0.05) is 51.3 Å². The minimum Gasteiger partial charge on any atom is -0.353 e. The maximum atomic E-state index is 4.51. The maximum Gasteiger partial charge on any atom is 0.142 e. The Labute approximate surface area is 147 Å². The van der Waals surface area contributed by atoms with Crippen LogP contribution in [0.5, 0.6) is 0 Å². The van der Waals surface area contributed by atoms with Crippen LogP contribution in [0.15, 0.2) is 31.0 Å². The molecule has 25 heavy (non-hydrogen) atoms. The van der Waals surface area contributed by atoms with Gasteiger partial charge in [-0.15, -0.1) is 0 Å². The van der Waals surface area contributed by atoms with Gasteiger partial charge in [-0.2, -0.15) is 0 Å². The van der Waals surface area contributed by atoms with E-state index >= 15 is 0 Å². The van der Waals surface area contributed by atoms with Crippen LogP contribution in [-0.4, -0.2) is 62.1 Å². The van der Waals surface area contributed by atoms with Crippen LogP contribution in [0.2, 0.25) is 0 Å².